The van der Waals surface area contributed by atoms with Crippen molar-refractivity contribution in [2.45, 2.75) is 38.5 Å². The van der Waals surface area contributed by atoms with E-state index in [-0.39, 0.29) is 11.5 Å². The van der Waals surface area contributed by atoms with E-state index in [1.54, 1.807) is 0 Å². The van der Waals surface area contributed by atoms with Gasteiger partial charge in [-0.1, -0.05) is 50.1 Å². The topological polar surface area (TPSA) is 32.7 Å². The summed E-state index contributed by atoms with van der Waals surface area (Å²) >= 11 is 0. The first kappa shape index (κ1) is 18.2. The normalized spacial score (nSPS) is 19.5. The van der Waals surface area contributed by atoms with Gasteiger partial charge in [-0.3, -0.25) is 9.80 Å². The number of Topliss-reactive ketones (excluding diaryl/α,β-unsaturated/α-hetero) is 1. The third-order valence-corrected chi connectivity index (χ3v) is 4.90. The predicted molar refractivity (Wildman–Crippen MR) is 99.5 cm³/mol. The molecule has 1 unspecified atom stereocenters. The molecule has 0 aromatic heterocycles. The van der Waals surface area contributed by atoms with Gasteiger partial charge in [-0.05, 0) is 24.1 Å². The number of benzene rings is 2. The molecule has 1 atom stereocenters. The lowest BCUT2D eigenvalue weighted by molar-refractivity contribution is -0.111. The van der Waals surface area contributed by atoms with Crippen LogP contribution in [0.5, 0.6) is 0 Å². The van der Waals surface area contributed by atoms with Gasteiger partial charge in [0.25, 0.3) is 0 Å². The Bertz CT molecular complexity index is 835. The minimum absolute atomic E-state index is 0.0538. The van der Waals surface area contributed by atoms with E-state index < -0.39 is 17.0 Å². The number of carbonyl (C=O) groups excluding carboxylic acids is 1. The van der Waals surface area contributed by atoms with Crippen LogP contribution in [0.3, 0.4) is 0 Å². The summed E-state index contributed by atoms with van der Waals surface area (Å²) in [6.45, 7) is 3.88. The largest absolute Gasteiger partial charge is 0.293 e. The molecule has 0 bridgehead atoms. The monoisotopic (exact) mass is 356 g/mol. The number of nitrogens with zero attached hydrogens (tertiary/aromatic N) is 2. The molecule has 0 spiro atoms. The Morgan fingerprint density at radius 1 is 1.19 bits per heavy atom. The van der Waals surface area contributed by atoms with Gasteiger partial charge in [-0.25, -0.2) is 8.78 Å². The zero-order chi connectivity index (χ0) is 18.7. The van der Waals surface area contributed by atoms with E-state index in [0.29, 0.717) is 12.3 Å². The van der Waals surface area contributed by atoms with Crippen LogP contribution in [0.4, 0.5) is 14.5 Å². The average molecular weight is 356 g/mol. The summed E-state index contributed by atoms with van der Waals surface area (Å²) in [5, 5.41) is 5.86. The predicted octanol–water partition coefficient (Wildman–Crippen LogP) is 4.86. The van der Waals surface area contributed by atoms with Gasteiger partial charge in [0, 0.05) is 13.0 Å². The highest BCUT2D eigenvalue weighted by Crippen LogP contribution is 2.40. The van der Waals surface area contributed by atoms with Gasteiger partial charge >= 0.3 is 0 Å². The van der Waals surface area contributed by atoms with Crippen LogP contribution in [0.1, 0.15) is 38.7 Å². The maximum atomic E-state index is 14.3. The second kappa shape index (κ2) is 7.36. The van der Waals surface area contributed by atoms with Gasteiger partial charge in [-0.15, -0.1) is 0 Å². The average Bonchev–Trinajstić information content (AvgIpc) is 3.04. The van der Waals surface area contributed by atoms with Gasteiger partial charge in [-0.2, -0.15) is 5.10 Å². The van der Waals surface area contributed by atoms with Crippen molar-refractivity contribution in [1.29, 1.82) is 0 Å². The van der Waals surface area contributed by atoms with Gasteiger partial charge < -0.3 is 0 Å². The Hall–Kier alpha value is -2.56. The van der Waals surface area contributed by atoms with Gasteiger partial charge in [0.15, 0.2) is 5.78 Å². The summed E-state index contributed by atoms with van der Waals surface area (Å²) in [5.74, 6) is -1.24. The van der Waals surface area contributed by atoms with Crippen LogP contribution in [0.25, 0.3) is 0 Å². The Morgan fingerprint density at radius 3 is 2.58 bits per heavy atom. The van der Waals surface area contributed by atoms with Crippen LogP contribution in [-0.2, 0) is 10.2 Å². The molecule has 0 N–H and O–H groups in total. The number of hydrogen-bond acceptors (Lipinski definition) is 3. The zero-order valence-corrected chi connectivity index (χ0v) is 15.0. The van der Waals surface area contributed by atoms with E-state index in [9.17, 15) is 13.6 Å². The Balaban J connectivity index is 2.11. The fraction of sp³-hybridized carbons (Fsp3) is 0.333. The number of carbonyl (C=O) groups is 1. The molecule has 0 fully saturated rings. The fourth-order valence-corrected chi connectivity index (χ4v) is 3.62. The van der Waals surface area contributed by atoms with Crippen LogP contribution >= 0.6 is 0 Å². The molecule has 1 aliphatic rings. The third-order valence-electron chi connectivity index (χ3n) is 4.90. The SMILES string of the molecule is CCCCC1(c2ccccc2)CN(c2cc(F)ccc2F)N=C1C(C)=O. The number of halogens is 2. The smallest absolute Gasteiger partial charge is 0.176 e. The van der Waals surface area contributed by atoms with Crippen molar-refractivity contribution < 1.29 is 13.6 Å². The number of rotatable bonds is 6. The lowest BCUT2D eigenvalue weighted by Gasteiger charge is -2.31. The Morgan fingerprint density at radius 2 is 1.92 bits per heavy atom. The van der Waals surface area contributed by atoms with Crippen LogP contribution in [0, 0.1) is 11.6 Å². The molecular weight excluding hydrogens is 334 g/mol. The molecule has 2 aromatic carbocycles. The minimum Gasteiger partial charge on any atom is -0.293 e. The summed E-state index contributed by atoms with van der Waals surface area (Å²) in [4.78, 5) is 12.4. The number of hydrogen-bond donors (Lipinski definition) is 0. The molecule has 0 saturated heterocycles. The quantitative estimate of drug-likeness (QED) is 0.741. The lowest BCUT2D eigenvalue weighted by Crippen LogP contribution is -2.41. The number of ketones is 1. The molecular formula is C21H22F2N2O. The Labute approximate surface area is 152 Å². The van der Waals surface area contributed by atoms with Crippen LogP contribution in [-0.4, -0.2) is 18.0 Å². The van der Waals surface area contributed by atoms with Crippen molar-refractivity contribution in [1.82, 2.24) is 0 Å². The maximum Gasteiger partial charge on any atom is 0.176 e. The minimum atomic E-state index is -0.623. The molecule has 1 aliphatic heterocycles. The number of anilines is 1. The van der Waals surface area contributed by atoms with Crippen LogP contribution < -0.4 is 5.01 Å². The summed E-state index contributed by atoms with van der Waals surface area (Å²) < 4.78 is 28.0. The summed E-state index contributed by atoms with van der Waals surface area (Å²) in [7, 11) is 0. The highest BCUT2D eigenvalue weighted by molar-refractivity contribution is 6.43. The van der Waals surface area contributed by atoms with E-state index in [1.165, 1.54) is 11.9 Å². The van der Waals surface area contributed by atoms with Crippen molar-refractivity contribution in [2.24, 2.45) is 5.10 Å². The molecule has 0 saturated carbocycles. The maximum absolute atomic E-state index is 14.3. The van der Waals surface area contributed by atoms with E-state index in [1.807, 2.05) is 30.3 Å². The summed E-state index contributed by atoms with van der Waals surface area (Å²) in [6, 6.07) is 13.0. The van der Waals surface area contributed by atoms with Crippen molar-refractivity contribution in [2.75, 3.05) is 11.6 Å². The van der Waals surface area contributed by atoms with Crippen LogP contribution in [0.2, 0.25) is 0 Å². The number of unbranched alkanes of at least 4 members (excludes halogenated alkanes) is 1. The van der Waals surface area contributed by atoms with Crippen molar-refractivity contribution in [3.63, 3.8) is 0 Å². The molecule has 2 aromatic rings. The van der Waals surface area contributed by atoms with E-state index in [0.717, 1.165) is 43.0 Å². The standard InChI is InChI=1S/C21H22F2N2O/c1-3-4-12-21(16-8-6-5-7-9-16)14-25(24-20(21)15(2)26)19-13-17(22)10-11-18(19)23/h5-11,13H,3-4,12,14H2,1-2H3. The van der Waals surface area contributed by atoms with Gasteiger partial charge in [0.2, 0.25) is 0 Å². The first-order valence-corrected chi connectivity index (χ1v) is 8.86. The first-order valence-electron chi connectivity index (χ1n) is 8.86. The highest BCUT2D eigenvalue weighted by Gasteiger charge is 2.46. The van der Waals surface area contributed by atoms with Crippen LogP contribution in [0.15, 0.2) is 53.6 Å². The lowest BCUT2D eigenvalue weighted by atomic mass is 9.72. The van der Waals surface area contributed by atoms with Crippen molar-refractivity contribution >= 4 is 17.2 Å². The molecule has 3 rings (SSSR count). The molecule has 5 heteroatoms. The van der Waals surface area contributed by atoms with Gasteiger partial charge in [0.1, 0.15) is 17.3 Å². The number of hydrazone groups is 1. The second-order valence-electron chi connectivity index (χ2n) is 6.71. The summed E-state index contributed by atoms with van der Waals surface area (Å²) in [6.07, 6.45) is 2.59. The van der Waals surface area contributed by atoms with Gasteiger partial charge in [0.05, 0.1) is 17.6 Å². The molecule has 0 radical (unpaired) electrons. The summed E-state index contributed by atoms with van der Waals surface area (Å²) in [5.41, 5.74) is 0.808. The second-order valence-corrected chi connectivity index (χ2v) is 6.71. The third kappa shape index (κ3) is 3.26. The molecule has 0 amide bonds. The van der Waals surface area contributed by atoms with E-state index >= 15 is 0 Å². The Kier molecular flexibility index (Phi) is 5.16. The van der Waals surface area contributed by atoms with Crippen molar-refractivity contribution in [3.8, 4) is 0 Å². The molecule has 3 nitrogen and oxygen atoms in total. The zero-order valence-electron chi connectivity index (χ0n) is 15.0. The molecule has 136 valence electrons. The first-order chi connectivity index (χ1) is 12.5. The molecule has 0 aliphatic carbocycles. The van der Waals surface area contributed by atoms with Crippen molar-refractivity contribution in [3.05, 3.63) is 65.7 Å². The fourth-order valence-electron chi connectivity index (χ4n) is 3.62. The highest BCUT2D eigenvalue weighted by atomic mass is 19.1. The molecule has 26 heavy (non-hydrogen) atoms. The van der Waals surface area contributed by atoms with E-state index in [4.69, 9.17) is 0 Å². The molecule has 1 heterocycles. The van der Waals surface area contributed by atoms with E-state index in [2.05, 4.69) is 12.0 Å².